The van der Waals surface area contributed by atoms with Gasteiger partial charge in [0, 0.05) is 33.0 Å². The number of hydrogen-bond donors (Lipinski definition) is 8. The predicted molar refractivity (Wildman–Crippen MR) is 229 cm³/mol. The number of unbranched alkanes of at least 4 members (excludes halogenated alkanes) is 12. The zero-order chi connectivity index (χ0) is 46.1. The highest BCUT2D eigenvalue weighted by molar-refractivity contribution is 5.98. The van der Waals surface area contributed by atoms with Crippen molar-refractivity contribution in [3.63, 3.8) is 0 Å². The van der Waals surface area contributed by atoms with Crippen molar-refractivity contribution >= 4 is 53.2 Å². The van der Waals surface area contributed by atoms with Gasteiger partial charge in [0.2, 0.25) is 47.3 Å². The molecule has 1 heterocycles. The first kappa shape index (κ1) is 55.2. The molecule has 0 aromatic rings. The van der Waals surface area contributed by atoms with Crippen molar-refractivity contribution in [1.29, 1.82) is 0 Å². The van der Waals surface area contributed by atoms with Crippen LogP contribution in [0.2, 0.25) is 0 Å². The molecule has 354 valence electrons. The predicted octanol–water partition coefficient (Wildman–Crippen LogP) is 0.814. The van der Waals surface area contributed by atoms with Gasteiger partial charge in [-0.1, -0.05) is 84.0 Å². The van der Waals surface area contributed by atoms with Crippen molar-refractivity contribution in [2.45, 2.75) is 166 Å². The highest BCUT2D eigenvalue weighted by atomic mass is 16.5. The number of carbonyl (C=O) groups is 9. The standard InChI is InChI=1S/C42H74N8O12/c1-3-4-18-30(39(57)45-2)48-41(59)33-19-17-23-50(33)42(60)32(28-35(44)52)49-40(58)31(27-34(43)51)47-37(54)29-62-26-25-61-24-22-46-36(53)20-15-13-11-9-7-5-6-8-10-12-14-16-21-38(55)56/h30-33H,3-29H2,1-2H3,(H2,43,51)(H2,44,52)(H,45,57)(H,46,53)(H,47,54)(H,48,59)(H,49,58)(H,55,56)/t30-,31-,32-,33-/m0/s1. The number of carboxylic acids is 1. The second-order valence-electron chi connectivity index (χ2n) is 15.7. The maximum atomic E-state index is 13.7. The molecule has 0 unspecified atom stereocenters. The Morgan fingerprint density at radius 3 is 1.79 bits per heavy atom. The van der Waals surface area contributed by atoms with Gasteiger partial charge in [-0.05, 0) is 32.1 Å². The monoisotopic (exact) mass is 883 g/mol. The quantitative estimate of drug-likeness (QED) is 0.0402. The summed E-state index contributed by atoms with van der Waals surface area (Å²) in [5.74, 6) is -6.15. The molecule has 0 aliphatic carbocycles. The van der Waals surface area contributed by atoms with E-state index in [-0.39, 0.29) is 51.0 Å². The van der Waals surface area contributed by atoms with Crippen LogP contribution in [0, 0.1) is 0 Å². The number of nitrogens with two attached hydrogens (primary N) is 2. The molecule has 1 aliphatic heterocycles. The summed E-state index contributed by atoms with van der Waals surface area (Å²) >= 11 is 0. The number of nitrogens with one attached hydrogen (secondary N) is 5. The first-order valence-electron chi connectivity index (χ1n) is 22.3. The third-order valence-corrected chi connectivity index (χ3v) is 10.4. The summed E-state index contributed by atoms with van der Waals surface area (Å²) < 4.78 is 10.8. The fourth-order valence-electron chi connectivity index (χ4n) is 7.01. The van der Waals surface area contributed by atoms with Crippen molar-refractivity contribution in [3.05, 3.63) is 0 Å². The molecule has 0 aromatic carbocycles. The fourth-order valence-corrected chi connectivity index (χ4v) is 7.01. The van der Waals surface area contributed by atoms with Crippen LogP contribution in [0.3, 0.4) is 0 Å². The topological polar surface area (TPSA) is 308 Å². The highest BCUT2D eigenvalue weighted by Crippen LogP contribution is 2.20. The number of amides is 8. The Balaban J connectivity index is 2.40. The van der Waals surface area contributed by atoms with Gasteiger partial charge in [0.05, 0.1) is 32.7 Å². The largest absolute Gasteiger partial charge is 0.481 e. The minimum Gasteiger partial charge on any atom is -0.481 e. The minimum absolute atomic E-state index is 0.00484. The molecule has 8 amide bonds. The van der Waals surface area contributed by atoms with Crippen molar-refractivity contribution < 1.29 is 57.7 Å². The van der Waals surface area contributed by atoms with E-state index < -0.39 is 85.0 Å². The Labute approximate surface area is 365 Å². The van der Waals surface area contributed by atoms with Crippen LogP contribution in [0.15, 0.2) is 0 Å². The summed E-state index contributed by atoms with van der Waals surface area (Å²) in [5, 5.41) is 21.4. The number of likely N-dealkylation sites (tertiary alicyclic amines) is 1. The number of likely N-dealkylation sites (N-methyl/N-ethyl adjacent to an activating group) is 1. The van der Waals surface area contributed by atoms with Crippen molar-refractivity contribution in [1.82, 2.24) is 31.5 Å². The number of carbonyl (C=O) groups excluding carboxylic acids is 8. The summed E-state index contributed by atoms with van der Waals surface area (Å²) in [5.41, 5.74) is 10.7. The van der Waals surface area contributed by atoms with E-state index in [0.29, 0.717) is 32.2 Å². The lowest BCUT2D eigenvalue weighted by Crippen LogP contribution is -2.59. The molecule has 1 fully saturated rings. The van der Waals surface area contributed by atoms with Gasteiger partial charge in [-0.25, -0.2) is 0 Å². The minimum atomic E-state index is -1.54. The summed E-state index contributed by atoms with van der Waals surface area (Å²) in [6.07, 6.45) is 14.8. The smallest absolute Gasteiger partial charge is 0.303 e. The number of nitrogens with zero attached hydrogens (tertiary/aromatic N) is 1. The zero-order valence-electron chi connectivity index (χ0n) is 36.9. The van der Waals surface area contributed by atoms with Gasteiger partial charge in [0.1, 0.15) is 30.8 Å². The third kappa shape index (κ3) is 25.8. The summed E-state index contributed by atoms with van der Waals surface area (Å²) in [7, 11) is 1.45. The van der Waals surface area contributed by atoms with E-state index in [1.807, 2.05) is 6.92 Å². The number of ether oxygens (including phenoxy) is 2. The lowest BCUT2D eigenvalue weighted by Gasteiger charge is -2.30. The van der Waals surface area contributed by atoms with Crippen molar-refractivity contribution in [2.75, 3.05) is 46.6 Å². The van der Waals surface area contributed by atoms with Crippen LogP contribution in [0.5, 0.6) is 0 Å². The molecule has 0 saturated carbocycles. The molecular weight excluding hydrogens is 809 g/mol. The second-order valence-corrected chi connectivity index (χ2v) is 15.7. The number of carboxylic acid groups (broad SMARTS) is 1. The Kier molecular flexibility index (Phi) is 30.0. The molecule has 4 atom stereocenters. The van der Waals surface area contributed by atoms with Crippen molar-refractivity contribution in [3.8, 4) is 0 Å². The van der Waals surface area contributed by atoms with E-state index in [9.17, 15) is 43.2 Å². The van der Waals surface area contributed by atoms with E-state index in [1.54, 1.807) is 0 Å². The zero-order valence-corrected chi connectivity index (χ0v) is 36.9. The lowest BCUT2D eigenvalue weighted by molar-refractivity contribution is -0.143. The Morgan fingerprint density at radius 1 is 0.661 bits per heavy atom. The van der Waals surface area contributed by atoms with Crippen molar-refractivity contribution in [2.24, 2.45) is 11.5 Å². The first-order valence-corrected chi connectivity index (χ1v) is 22.3. The van der Waals surface area contributed by atoms with Crippen LogP contribution in [0.25, 0.3) is 0 Å². The molecule has 0 radical (unpaired) electrons. The summed E-state index contributed by atoms with van der Waals surface area (Å²) in [6.45, 7) is 2.22. The van der Waals surface area contributed by atoms with Crippen LogP contribution in [0.4, 0.5) is 0 Å². The van der Waals surface area contributed by atoms with Gasteiger partial charge >= 0.3 is 5.97 Å². The molecule has 1 saturated heterocycles. The van der Waals surface area contributed by atoms with Gasteiger partial charge in [-0.15, -0.1) is 0 Å². The van der Waals surface area contributed by atoms with E-state index in [2.05, 4.69) is 26.6 Å². The SMILES string of the molecule is CCCC[C@H](NC(=O)[C@@H]1CCCN1C(=O)[C@H](CC(N)=O)NC(=O)[C@H](CC(N)=O)NC(=O)COCCOCCNC(=O)CCCCCCCCCCCCCCC(=O)O)C(=O)NC. The number of aliphatic carboxylic acids is 1. The summed E-state index contributed by atoms with van der Waals surface area (Å²) in [4.78, 5) is 113. The molecule has 0 aromatic heterocycles. The Hall–Kier alpha value is -4.85. The highest BCUT2D eigenvalue weighted by Gasteiger charge is 2.40. The van der Waals surface area contributed by atoms with E-state index in [4.69, 9.17) is 26.0 Å². The maximum absolute atomic E-state index is 13.7. The molecule has 20 heteroatoms. The molecule has 0 bridgehead atoms. The molecule has 20 nitrogen and oxygen atoms in total. The fraction of sp³-hybridized carbons (Fsp3) is 0.786. The molecule has 1 aliphatic rings. The van der Waals surface area contributed by atoms with Gasteiger partial charge in [-0.2, -0.15) is 0 Å². The van der Waals surface area contributed by atoms with Gasteiger partial charge in [0.25, 0.3) is 0 Å². The Morgan fingerprint density at radius 2 is 1.23 bits per heavy atom. The second kappa shape index (κ2) is 33.7. The van der Waals surface area contributed by atoms with E-state index in [1.165, 1.54) is 37.6 Å². The Bertz CT molecular complexity index is 1420. The third-order valence-electron chi connectivity index (χ3n) is 10.4. The number of hydrogen-bond acceptors (Lipinski definition) is 11. The molecule has 1 rings (SSSR count). The van der Waals surface area contributed by atoms with Crippen LogP contribution in [-0.2, 0) is 52.6 Å². The molecule has 0 spiro atoms. The van der Waals surface area contributed by atoms with Crippen LogP contribution in [0.1, 0.15) is 142 Å². The summed E-state index contributed by atoms with van der Waals surface area (Å²) in [6, 6.07) is -4.87. The average Bonchev–Trinajstić information content (AvgIpc) is 3.72. The molecule has 62 heavy (non-hydrogen) atoms. The van der Waals surface area contributed by atoms with E-state index in [0.717, 1.165) is 57.8 Å². The molecule has 10 N–H and O–H groups in total. The number of primary amides is 2. The maximum Gasteiger partial charge on any atom is 0.303 e. The number of rotatable bonds is 37. The molecular formula is C42H74N8O12. The van der Waals surface area contributed by atoms with Crippen LogP contribution in [-0.4, -0.2) is 134 Å². The average molecular weight is 883 g/mol. The van der Waals surface area contributed by atoms with E-state index >= 15 is 0 Å². The van der Waals surface area contributed by atoms with Gasteiger partial charge in [-0.3, -0.25) is 43.2 Å². The van der Waals surface area contributed by atoms with Crippen LogP contribution >= 0.6 is 0 Å². The van der Waals surface area contributed by atoms with Gasteiger partial charge < -0.3 is 57.5 Å². The lowest BCUT2D eigenvalue weighted by atomic mass is 10.0. The first-order chi connectivity index (χ1) is 29.7. The van der Waals surface area contributed by atoms with Crippen LogP contribution < -0.4 is 38.1 Å². The van der Waals surface area contributed by atoms with Gasteiger partial charge in [0.15, 0.2) is 0 Å². The normalized spacial score (nSPS) is 14.9.